The minimum absolute atomic E-state index is 0.0639. The first-order valence-corrected chi connectivity index (χ1v) is 9.80. The van der Waals surface area contributed by atoms with Gasteiger partial charge in [-0.3, -0.25) is 14.0 Å². The van der Waals surface area contributed by atoms with Crippen molar-refractivity contribution in [1.29, 1.82) is 0 Å². The van der Waals surface area contributed by atoms with Crippen LogP contribution in [0.4, 0.5) is 11.5 Å². The molecule has 4 rings (SSSR count). The number of carboxylic acid groups (broad SMARTS) is 1. The predicted molar refractivity (Wildman–Crippen MR) is 105 cm³/mol. The van der Waals surface area contributed by atoms with Gasteiger partial charge in [0.1, 0.15) is 5.82 Å². The SMILES string of the molecule is Cc1cc(N2CCC(C(=O)O)CC2)c2nc(N3CCCCC3)cc(=O)n2c1. The largest absolute Gasteiger partial charge is 0.481 e. The van der Waals surface area contributed by atoms with Crippen LogP contribution in [0, 0.1) is 12.8 Å². The molecule has 2 aliphatic heterocycles. The van der Waals surface area contributed by atoms with E-state index in [1.54, 1.807) is 10.5 Å². The third-order valence-electron chi connectivity index (χ3n) is 5.73. The Balaban J connectivity index is 1.74. The number of aliphatic carboxylic acids is 1. The van der Waals surface area contributed by atoms with E-state index in [0.717, 1.165) is 43.0 Å². The van der Waals surface area contributed by atoms with Crippen LogP contribution in [-0.4, -0.2) is 46.6 Å². The van der Waals surface area contributed by atoms with Crippen LogP contribution in [0.3, 0.4) is 0 Å². The van der Waals surface area contributed by atoms with Crippen LogP contribution < -0.4 is 15.4 Å². The van der Waals surface area contributed by atoms with Crippen LogP contribution in [0.5, 0.6) is 0 Å². The molecule has 0 saturated carbocycles. The molecule has 27 heavy (non-hydrogen) atoms. The monoisotopic (exact) mass is 370 g/mol. The lowest BCUT2D eigenvalue weighted by Crippen LogP contribution is -2.37. The van der Waals surface area contributed by atoms with Crippen molar-refractivity contribution in [3.8, 4) is 0 Å². The Morgan fingerprint density at radius 3 is 2.44 bits per heavy atom. The number of piperidine rings is 2. The molecule has 0 bridgehead atoms. The van der Waals surface area contributed by atoms with Crippen molar-refractivity contribution < 1.29 is 9.90 Å². The third-order valence-corrected chi connectivity index (χ3v) is 5.73. The summed E-state index contributed by atoms with van der Waals surface area (Å²) < 4.78 is 1.63. The molecule has 0 unspecified atom stereocenters. The molecule has 0 amide bonds. The second-order valence-electron chi connectivity index (χ2n) is 7.70. The van der Waals surface area contributed by atoms with Crippen LogP contribution in [0.2, 0.25) is 0 Å². The van der Waals surface area contributed by atoms with Gasteiger partial charge >= 0.3 is 5.97 Å². The second kappa shape index (κ2) is 7.21. The maximum atomic E-state index is 12.8. The Morgan fingerprint density at radius 1 is 1.07 bits per heavy atom. The summed E-state index contributed by atoms with van der Waals surface area (Å²) >= 11 is 0. The fraction of sp³-hybridized carbons (Fsp3) is 0.550. The Labute approximate surface area is 158 Å². The molecule has 2 aromatic rings. The highest BCUT2D eigenvalue weighted by atomic mass is 16.4. The zero-order chi connectivity index (χ0) is 19.0. The van der Waals surface area contributed by atoms with Crippen molar-refractivity contribution in [2.75, 3.05) is 36.0 Å². The summed E-state index contributed by atoms with van der Waals surface area (Å²) in [6, 6.07) is 3.70. The van der Waals surface area contributed by atoms with E-state index >= 15 is 0 Å². The zero-order valence-electron chi connectivity index (χ0n) is 15.7. The Kier molecular flexibility index (Phi) is 4.76. The molecular formula is C20H26N4O3. The predicted octanol–water partition coefficient (Wildman–Crippen LogP) is 2.29. The Hall–Kier alpha value is -2.57. The molecule has 144 valence electrons. The number of nitrogens with zero attached hydrogens (tertiary/aromatic N) is 4. The number of aromatic nitrogens is 2. The summed E-state index contributed by atoms with van der Waals surface area (Å²) in [6.45, 7) is 5.18. The average molecular weight is 370 g/mol. The molecule has 1 N–H and O–H groups in total. The normalized spacial score (nSPS) is 18.9. The number of anilines is 2. The summed E-state index contributed by atoms with van der Waals surface area (Å²) in [6.07, 6.45) is 6.55. The van der Waals surface area contributed by atoms with E-state index in [-0.39, 0.29) is 11.5 Å². The number of pyridine rings is 1. The highest BCUT2D eigenvalue weighted by molar-refractivity contribution is 5.73. The first kappa shape index (κ1) is 17.8. The standard InChI is InChI=1S/C20H26N4O3/c1-14-11-16(22-9-5-15(6-10-22)20(26)27)19-21-17(12-18(25)24(19)13-14)23-7-3-2-4-8-23/h11-13,15H,2-10H2,1H3,(H,26,27). The van der Waals surface area contributed by atoms with Crippen LogP contribution in [0.25, 0.3) is 5.65 Å². The van der Waals surface area contributed by atoms with Crippen LogP contribution in [0.1, 0.15) is 37.7 Å². The van der Waals surface area contributed by atoms with Crippen LogP contribution in [-0.2, 0) is 4.79 Å². The van der Waals surface area contributed by atoms with Gasteiger partial charge in [-0.15, -0.1) is 0 Å². The second-order valence-corrected chi connectivity index (χ2v) is 7.70. The molecular weight excluding hydrogens is 344 g/mol. The van der Waals surface area contributed by atoms with Crippen molar-refractivity contribution >= 4 is 23.1 Å². The molecule has 7 nitrogen and oxygen atoms in total. The Bertz CT molecular complexity index is 909. The molecule has 0 spiro atoms. The molecule has 2 fully saturated rings. The topological polar surface area (TPSA) is 78.2 Å². The Morgan fingerprint density at radius 2 is 1.78 bits per heavy atom. The molecule has 7 heteroatoms. The van der Waals surface area contributed by atoms with E-state index in [9.17, 15) is 14.7 Å². The van der Waals surface area contributed by atoms with Gasteiger partial charge in [0, 0.05) is 38.4 Å². The van der Waals surface area contributed by atoms with Crippen molar-refractivity contribution in [1.82, 2.24) is 9.38 Å². The number of rotatable bonds is 3. The summed E-state index contributed by atoms with van der Waals surface area (Å²) in [5, 5.41) is 9.25. The van der Waals surface area contributed by atoms with Gasteiger partial charge in [-0.1, -0.05) is 0 Å². The van der Waals surface area contributed by atoms with E-state index < -0.39 is 5.97 Å². The minimum atomic E-state index is -0.717. The van der Waals surface area contributed by atoms with E-state index in [4.69, 9.17) is 4.98 Å². The molecule has 0 radical (unpaired) electrons. The van der Waals surface area contributed by atoms with E-state index in [1.807, 2.05) is 13.1 Å². The fourth-order valence-corrected chi connectivity index (χ4v) is 4.19. The van der Waals surface area contributed by atoms with Crippen molar-refractivity contribution in [2.24, 2.45) is 5.92 Å². The number of carboxylic acids is 1. The highest BCUT2D eigenvalue weighted by Gasteiger charge is 2.26. The lowest BCUT2D eigenvalue weighted by molar-refractivity contribution is -0.142. The van der Waals surface area contributed by atoms with Gasteiger partial charge < -0.3 is 14.9 Å². The highest BCUT2D eigenvalue weighted by Crippen LogP contribution is 2.28. The lowest BCUT2D eigenvalue weighted by atomic mass is 9.97. The van der Waals surface area contributed by atoms with Crippen LogP contribution >= 0.6 is 0 Å². The lowest BCUT2D eigenvalue weighted by Gasteiger charge is -2.33. The third kappa shape index (κ3) is 3.50. The summed E-state index contributed by atoms with van der Waals surface area (Å²) in [7, 11) is 0. The van der Waals surface area contributed by atoms with Gasteiger partial charge in [-0.2, -0.15) is 0 Å². The maximum Gasteiger partial charge on any atom is 0.306 e. The van der Waals surface area contributed by atoms with Gasteiger partial charge in [-0.25, -0.2) is 4.98 Å². The fourth-order valence-electron chi connectivity index (χ4n) is 4.19. The maximum absolute atomic E-state index is 12.8. The van der Waals surface area contributed by atoms with E-state index in [1.165, 1.54) is 6.42 Å². The zero-order valence-corrected chi connectivity index (χ0v) is 15.7. The van der Waals surface area contributed by atoms with E-state index in [0.29, 0.717) is 31.6 Å². The molecule has 2 aromatic heterocycles. The number of fused-ring (bicyclic) bond motifs is 1. The van der Waals surface area contributed by atoms with Crippen molar-refractivity contribution in [2.45, 2.75) is 39.0 Å². The first-order valence-electron chi connectivity index (χ1n) is 9.80. The molecule has 4 heterocycles. The van der Waals surface area contributed by atoms with Gasteiger partial charge in [0.2, 0.25) is 0 Å². The van der Waals surface area contributed by atoms with Crippen LogP contribution in [0.15, 0.2) is 23.1 Å². The number of hydrogen-bond donors (Lipinski definition) is 1. The smallest absolute Gasteiger partial charge is 0.306 e. The molecule has 2 saturated heterocycles. The molecule has 0 aromatic carbocycles. The first-order chi connectivity index (χ1) is 13.0. The molecule has 0 aliphatic carbocycles. The molecule has 2 aliphatic rings. The van der Waals surface area contributed by atoms with Gasteiger partial charge in [-0.05, 0) is 50.7 Å². The number of hydrogen-bond acceptors (Lipinski definition) is 5. The van der Waals surface area contributed by atoms with Crippen molar-refractivity contribution in [3.05, 3.63) is 34.2 Å². The van der Waals surface area contributed by atoms with E-state index in [2.05, 4.69) is 15.9 Å². The number of aryl methyl sites for hydroxylation is 1. The summed E-state index contributed by atoms with van der Waals surface area (Å²) in [4.78, 5) is 33.3. The van der Waals surface area contributed by atoms with Gasteiger partial charge in [0.25, 0.3) is 5.56 Å². The quantitative estimate of drug-likeness (QED) is 0.893. The summed E-state index contributed by atoms with van der Waals surface area (Å²) in [5.74, 6) is -0.243. The number of carbonyl (C=O) groups is 1. The van der Waals surface area contributed by atoms with Crippen molar-refractivity contribution in [3.63, 3.8) is 0 Å². The summed E-state index contributed by atoms with van der Waals surface area (Å²) in [5.41, 5.74) is 2.52. The minimum Gasteiger partial charge on any atom is -0.481 e. The van der Waals surface area contributed by atoms with Gasteiger partial charge in [0.05, 0.1) is 11.6 Å². The van der Waals surface area contributed by atoms with Gasteiger partial charge in [0.15, 0.2) is 5.65 Å². The average Bonchev–Trinajstić information content (AvgIpc) is 2.68. The molecule has 0 atom stereocenters.